The predicted molar refractivity (Wildman–Crippen MR) is 93.5 cm³/mol. The van der Waals surface area contributed by atoms with E-state index in [0.29, 0.717) is 6.42 Å². The van der Waals surface area contributed by atoms with Crippen LogP contribution >= 0.6 is 15.9 Å². The Labute approximate surface area is 150 Å². The van der Waals surface area contributed by atoms with Gasteiger partial charge in [-0.25, -0.2) is 9.69 Å². The maximum atomic E-state index is 12.2. The van der Waals surface area contributed by atoms with Gasteiger partial charge < -0.3 is 9.47 Å². The molecule has 2 aliphatic rings. The van der Waals surface area contributed by atoms with Crippen molar-refractivity contribution in [2.24, 2.45) is 0 Å². The van der Waals surface area contributed by atoms with E-state index in [-0.39, 0.29) is 17.5 Å². The third kappa shape index (κ3) is 3.43. The zero-order chi connectivity index (χ0) is 17.1. The number of hydrogen-bond acceptors (Lipinski definition) is 4. The summed E-state index contributed by atoms with van der Waals surface area (Å²) in [5.41, 5.74) is 4.03. The van der Waals surface area contributed by atoms with E-state index in [2.05, 4.69) is 22.0 Å². The van der Waals surface area contributed by atoms with Gasteiger partial charge >= 0.3 is 6.09 Å². The first-order chi connectivity index (χ1) is 11.6. The summed E-state index contributed by atoms with van der Waals surface area (Å²) in [4.78, 5) is 24.6. The summed E-state index contributed by atoms with van der Waals surface area (Å²) in [7, 11) is 1.72. The number of methoxy groups -OCH3 is 1. The molecule has 130 valence electrons. The summed E-state index contributed by atoms with van der Waals surface area (Å²) in [6.07, 6.45) is 5.91. The van der Waals surface area contributed by atoms with Gasteiger partial charge in [-0.15, -0.1) is 0 Å². The van der Waals surface area contributed by atoms with E-state index in [1.807, 2.05) is 6.07 Å². The molecular formula is C18H22BrNO4. The minimum atomic E-state index is -0.552. The van der Waals surface area contributed by atoms with E-state index in [0.717, 1.165) is 31.4 Å². The van der Waals surface area contributed by atoms with Crippen LogP contribution in [0.4, 0.5) is 4.79 Å². The predicted octanol–water partition coefficient (Wildman–Crippen LogP) is 3.60. The smallest absolute Gasteiger partial charge is 0.417 e. The average Bonchev–Trinajstić information content (AvgIpc) is 2.93. The molecule has 1 heterocycles. The van der Waals surface area contributed by atoms with Crippen LogP contribution in [0.25, 0.3) is 0 Å². The Kier molecular flexibility index (Phi) is 5.43. The fourth-order valence-corrected chi connectivity index (χ4v) is 4.07. The van der Waals surface area contributed by atoms with Gasteiger partial charge in [0, 0.05) is 6.42 Å². The summed E-state index contributed by atoms with van der Waals surface area (Å²) in [5, 5.41) is 0. The number of aryl methyl sites for hydroxylation is 1. The summed E-state index contributed by atoms with van der Waals surface area (Å²) in [6.45, 7) is 0.219. The molecular weight excluding hydrogens is 374 g/mol. The zero-order valence-corrected chi connectivity index (χ0v) is 15.4. The number of ether oxygens (including phenoxy) is 2. The summed E-state index contributed by atoms with van der Waals surface area (Å²) in [6, 6.07) is 4.15. The monoisotopic (exact) mass is 395 g/mol. The van der Waals surface area contributed by atoms with E-state index in [1.165, 1.54) is 34.4 Å². The van der Waals surface area contributed by atoms with Gasteiger partial charge in [-0.3, -0.25) is 4.79 Å². The number of fused-ring (bicyclic) bond motifs is 1. The third-order valence-electron chi connectivity index (χ3n) is 4.74. The van der Waals surface area contributed by atoms with Crippen LogP contribution in [0.1, 0.15) is 42.4 Å². The molecule has 0 radical (unpaired) electrons. The largest absolute Gasteiger partial charge is 0.496 e. The molecule has 1 aromatic carbocycles. The minimum absolute atomic E-state index is 0.179. The van der Waals surface area contributed by atoms with Gasteiger partial charge in [-0.2, -0.15) is 0 Å². The fourth-order valence-electron chi connectivity index (χ4n) is 3.54. The Balaban J connectivity index is 1.63. The summed E-state index contributed by atoms with van der Waals surface area (Å²) >= 11 is 3.29. The number of amides is 2. The van der Waals surface area contributed by atoms with Gasteiger partial charge in [0.25, 0.3) is 0 Å². The van der Waals surface area contributed by atoms with Crippen molar-refractivity contribution in [2.45, 2.75) is 49.9 Å². The van der Waals surface area contributed by atoms with Crippen molar-refractivity contribution in [2.75, 3.05) is 13.7 Å². The van der Waals surface area contributed by atoms with Crippen LogP contribution in [0.5, 0.6) is 5.75 Å². The van der Waals surface area contributed by atoms with Crippen molar-refractivity contribution < 1.29 is 19.1 Å². The van der Waals surface area contributed by atoms with E-state index < -0.39 is 6.09 Å². The quantitative estimate of drug-likeness (QED) is 0.564. The van der Waals surface area contributed by atoms with Crippen molar-refractivity contribution >= 4 is 27.9 Å². The summed E-state index contributed by atoms with van der Waals surface area (Å²) < 4.78 is 10.4. The van der Waals surface area contributed by atoms with Gasteiger partial charge in [0.2, 0.25) is 5.91 Å². The lowest BCUT2D eigenvalue weighted by atomic mass is 9.86. The number of nitrogens with zero attached hydrogens (tertiary/aromatic N) is 1. The highest BCUT2D eigenvalue weighted by atomic mass is 79.9. The number of carbonyl (C=O) groups excluding carboxylic acids is 2. The first-order valence-corrected chi connectivity index (χ1v) is 9.34. The fraction of sp³-hybridized carbons (Fsp3) is 0.556. The van der Waals surface area contributed by atoms with Crippen LogP contribution in [0.3, 0.4) is 0 Å². The molecule has 2 amide bonds. The topological polar surface area (TPSA) is 55.8 Å². The molecule has 6 heteroatoms. The van der Waals surface area contributed by atoms with E-state index in [4.69, 9.17) is 9.47 Å². The van der Waals surface area contributed by atoms with Crippen LogP contribution in [0.15, 0.2) is 12.1 Å². The minimum Gasteiger partial charge on any atom is -0.496 e. The van der Waals surface area contributed by atoms with E-state index in [1.54, 1.807) is 7.11 Å². The molecule has 0 aromatic heterocycles. The Morgan fingerprint density at radius 3 is 2.75 bits per heavy atom. The molecule has 0 N–H and O–H groups in total. The van der Waals surface area contributed by atoms with Crippen LogP contribution in [-0.4, -0.2) is 35.6 Å². The number of hydrogen-bond donors (Lipinski definition) is 0. The number of imide groups is 1. The average molecular weight is 396 g/mol. The molecule has 1 saturated heterocycles. The van der Waals surface area contributed by atoms with Gasteiger partial charge in [0.1, 0.15) is 17.3 Å². The second kappa shape index (κ2) is 7.55. The molecule has 3 rings (SSSR count). The molecule has 5 nitrogen and oxygen atoms in total. The second-order valence-electron chi connectivity index (χ2n) is 6.22. The Bertz CT molecular complexity index is 646. The lowest BCUT2D eigenvalue weighted by Gasteiger charge is -2.22. The maximum Gasteiger partial charge on any atom is 0.417 e. The molecule has 0 saturated carbocycles. The number of rotatable bonds is 5. The zero-order valence-electron chi connectivity index (χ0n) is 13.8. The lowest BCUT2D eigenvalue weighted by molar-refractivity contribution is -0.128. The first-order valence-electron chi connectivity index (χ1n) is 8.42. The van der Waals surface area contributed by atoms with Crippen molar-refractivity contribution in [1.82, 2.24) is 4.90 Å². The first kappa shape index (κ1) is 17.3. The number of cyclic esters (lactones) is 1. The standard InChI is InChI=1S/C18H22BrNO4/c1-23-15-10-9-12(13-6-2-3-7-14(13)15)5-4-8-17(21)20-16(19)11-24-18(20)22/h9-10,16H,2-8,11H2,1H3/t16-/m1/s1. The van der Waals surface area contributed by atoms with Gasteiger partial charge in [-0.05, 0) is 61.3 Å². The van der Waals surface area contributed by atoms with E-state index in [9.17, 15) is 9.59 Å². The molecule has 0 unspecified atom stereocenters. The third-order valence-corrected chi connectivity index (χ3v) is 5.41. The molecule has 0 spiro atoms. The molecule has 1 atom stereocenters. The highest BCUT2D eigenvalue weighted by Crippen LogP contribution is 2.33. The maximum absolute atomic E-state index is 12.2. The van der Waals surface area contributed by atoms with Crippen molar-refractivity contribution in [1.29, 1.82) is 0 Å². The second-order valence-corrected chi connectivity index (χ2v) is 7.28. The Hall–Kier alpha value is -1.56. The molecule has 24 heavy (non-hydrogen) atoms. The van der Waals surface area contributed by atoms with Crippen LogP contribution < -0.4 is 4.74 Å². The number of halogens is 1. The summed E-state index contributed by atoms with van der Waals surface area (Å²) in [5.74, 6) is 0.799. The highest BCUT2D eigenvalue weighted by Gasteiger charge is 2.35. The molecule has 1 fully saturated rings. The SMILES string of the molecule is COc1ccc(CCCC(=O)N2C(=O)OC[C@@H]2Br)c2c1CCCC2. The van der Waals surface area contributed by atoms with Gasteiger partial charge in [0.15, 0.2) is 0 Å². The number of carbonyl (C=O) groups is 2. The van der Waals surface area contributed by atoms with Crippen molar-refractivity contribution in [3.63, 3.8) is 0 Å². The van der Waals surface area contributed by atoms with E-state index >= 15 is 0 Å². The number of alkyl halides is 1. The Morgan fingerprint density at radius 2 is 2.08 bits per heavy atom. The molecule has 1 aliphatic heterocycles. The molecule has 1 aromatic rings. The van der Waals surface area contributed by atoms with Crippen molar-refractivity contribution in [3.8, 4) is 5.75 Å². The molecule has 1 aliphatic carbocycles. The Morgan fingerprint density at radius 1 is 1.33 bits per heavy atom. The van der Waals surface area contributed by atoms with Crippen LogP contribution in [0.2, 0.25) is 0 Å². The van der Waals surface area contributed by atoms with Crippen LogP contribution in [-0.2, 0) is 28.8 Å². The normalized spacial score (nSPS) is 19.8. The van der Waals surface area contributed by atoms with Crippen molar-refractivity contribution in [3.05, 3.63) is 28.8 Å². The van der Waals surface area contributed by atoms with Gasteiger partial charge in [0.05, 0.1) is 7.11 Å². The number of benzene rings is 1. The van der Waals surface area contributed by atoms with Gasteiger partial charge in [-0.1, -0.05) is 22.0 Å². The van der Waals surface area contributed by atoms with Crippen LogP contribution in [0, 0.1) is 0 Å². The molecule has 0 bridgehead atoms. The lowest BCUT2D eigenvalue weighted by Crippen LogP contribution is -2.35. The highest BCUT2D eigenvalue weighted by molar-refractivity contribution is 9.09.